The van der Waals surface area contributed by atoms with Gasteiger partial charge in [0.05, 0.1) is 12.6 Å². The fraction of sp³-hybridized carbons (Fsp3) is 0.682. The molecule has 0 saturated carbocycles. The number of aliphatic hydroxyl groups is 1. The highest BCUT2D eigenvalue weighted by Crippen LogP contribution is 2.22. The number of rotatable bonds is 5. The Labute approximate surface area is 164 Å². The number of β-amino-alcohol motifs (C(OH)–C–C–N with tert-alkyl or cyclic N) is 1. The Morgan fingerprint density at radius 2 is 1.78 bits per heavy atom. The van der Waals surface area contributed by atoms with Gasteiger partial charge in [-0.2, -0.15) is 0 Å². The third kappa shape index (κ3) is 5.94. The van der Waals surface area contributed by atoms with Crippen molar-refractivity contribution in [1.82, 2.24) is 15.1 Å². The van der Waals surface area contributed by atoms with Gasteiger partial charge in [0.2, 0.25) is 0 Å². The van der Waals surface area contributed by atoms with Gasteiger partial charge in [-0.3, -0.25) is 4.90 Å². The Morgan fingerprint density at radius 1 is 1.11 bits per heavy atom. The van der Waals surface area contributed by atoms with Crippen molar-refractivity contribution in [1.29, 1.82) is 0 Å². The number of aliphatic imine (C=N–C) groups is 1. The third-order valence-electron chi connectivity index (χ3n) is 5.58. The SMILES string of the molecule is CCNC(=NCc1ccc(CN2CC(C)CC(C)C2)cc1)N1CC[C@@H](O)C1. The first-order chi connectivity index (χ1) is 13.0. The van der Waals surface area contributed by atoms with Gasteiger partial charge in [-0.15, -0.1) is 0 Å². The van der Waals surface area contributed by atoms with Gasteiger partial charge in [-0.05, 0) is 42.7 Å². The van der Waals surface area contributed by atoms with Crippen LogP contribution in [0.5, 0.6) is 0 Å². The largest absolute Gasteiger partial charge is 0.391 e. The first-order valence-electron chi connectivity index (χ1n) is 10.5. The fourth-order valence-electron chi connectivity index (χ4n) is 4.46. The lowest BCUT2D eigenvalue weighted by atomic mass is 9.91. The van der Waals surface area contributed by atoms with Crippen LogP contribution in [-0.4, -0.2) is 59.7 Å². The van der Waals surface area contributed by atoms with Crippen molar-refractivity contribution >= 4 is 5.96 Å². The average Bonchev–Trinajstić information content (AvgIpc) is 3.05. The lowest BCUT2D eigenvalue weighted by molar-refractivity contribution is 0.134. The molecule has 0 aromatic heterocycles. The van der Waals surface area contributed by atoms with Crippen LogP contribution < -0.4 is 5.32 Å². The Morgan fingerprint density at radius 3 is 2.37 bits per heavy atom. The van der Waals surface area contributed by atoms with Gasteiger partial charge in [0.1, 0.15) is 0 Å². The Bertz CT molecular complexity index is 605. The summed E-state index contributed by atoms with van der Waals surface area (Å²) in [5.74, 6) is 2.52. The minimum atomic E-state index is -0.228. The molecule has 2 unspecified atom stereocenters. The summed E-state index contributed by atoms with van der Waals surface area (Å²) >= 11 is 0. The summed E-state index contributed by atoms with van der Waals surface area (Å²) in [5, 5.41) is 13.1. The number of aliphatic hydroxyl groups excluding tert-OH is 1. The van der Waals surface area contributed by atoms with Gasteiger partial charge in [0.15, 0.2) is 5.96 Å². The number of piperidine rings is 1. The molecule has 2 aliphatic heterocycles. The number of hydrogen-bond acceptors (Lipinski definition) is 3. The number of guanidine groups is 1. The maximum absolute atomic E-state index is 9.77. The first-order valence-corrected chi connectivity index (χ1v) is 10.5. The van der Waals surface area contributed by atoms with Crippen molar-refractivity contribution in [3.05, 3.63) is 35.4 Å². The molecule has 2 N–H and O–H groups in total. The number of likely N-dealkylation sites (tertiary alicyclic amines) is 2. The van der Waals surface area contributed by atoms with E-state index in [2.05, 4.69) is 60.2 Å². The second-order valence-electron chi connectivity index (χ2n) is 8.52. The van der Waals surface area contributed by atoms with Crippen molar-refractivity contribution in [2.75, 3.05) is 32.7 Å². The van der Waals surface area contributed by atoms with Crippen LogP contribution in [-0.2, 0) is 13.1 Å². The molecule has 1 aromatic carbocycles. The van der Waals surface area contributed by atoms with Crippen LogP contribution in [0.15, 0.2) is 29.3 Å². The van der Waals surface area contributed by atoms with Crippen molar-refractivity contribution in [2.24, 2.45) is 16.8 Å². The zero-order valence-electron chi connectivity index (χ0n) is 17.2. The lowest BCUT2D eigenvalue weighted by Crippen LogP contribution is -2.40. The Kier molecular flexibility index (Phi) is 7.13. The molecule has 1 aromatic rings. The molecule has 5 heteroatoms. The molecule has 2 fully saturated rings. The van der Waals surface area contributed by atoms with E-state index in [1.54, 1.807) is 0 Å². The minimum absolute atomic E-state index is 0.228. The molecule has 2 heterocycles. The van der Waals surface area contributed by atoms with E-state index in [1.165, 1.54) is 30.6 Å². The molecule has 0 radical (unpaired) electrons. The molecule has 0 amide bonds. The van der Waals surface area contributed by atoms with E-state index in [0.29, 0.717) is 13.1 Å². The highest BCUT2D eigenvalue weighted by atomic mass is 16.3. The Hall–Kier alpha value is -1.59. The quantitative estimate of drug-likeness (QED) is 0.616. The van der Waals surface area contributed by atoms with E-state index in [9.17, 15) is 5.11 Å². The predicted octanol–water partition coefficient (Wildman–Crippen LogP) is 2.70. The summed E-state index contributed by atoms with van der Waals surface area (Å²) in [6.07, 6.45) is 1.95. The summed E-state index contributed by atoms with van der Waals surface area (Å²) in [6.45, 7) is 13.4. The van der Waals surface area contributed by atoms with Gasteiger partial charge in [0.25, 0.3) is 0 Å². The molecule has 0 bridgehead atoms. The number of benzene rings is 1. The van der Waals surface area contributed by atoms with Crippen LogP contribution in [0.3, 0.4) is 0 Å². The standard InChI is InChI=1S/C22H36N4O/c1-4-23-22(26-10-9-21(27)16-26)24-12-19-5-7-20(8-6-19)15-25-13-17(2)11-18(3)14-25/h5-8,17-18,21,27H,4,9-16H2,1-3H3,(H,23,24)/t17?,18?,21-/m1/s1. The first kappa shape index (κ1) is 20.2. The zero-order chi connectivity index (χ0) is 19.2. The molecule has 2 aliphatic rings. The highest BCUT2D eigenvalue weighted by Gasteiger charge is 2.23. The van der Waals surface area contributed by atoms with Gasteiger partial charge in [-0.25, -0.2) is 4.99 Å². The maximum Gasteiger partial charge on any atom is 0.194 e. The van der Waals surface area contributed by atoms with Gasteiger partial charge < -0.3 is 15.3 Å². The van der Waals surface area contributed by atoms with E-state index >= 15 is 0 Å². The third-order valence-corrected chi connectivity index (χ3v) is 5.58. The van der Waals surface area contributed by atoms with E-state index in [-0.39, 0.29) is 6.10 Å². The predicted molar refractivity (Wildman–Crippen MR) is 112 cm³/mol. The van der Waals surface area contributed by atoms with Gasteiger partial charge in [0, 0.05) is 39.3 Å². The zero-order valence-corrected chi connectivity index (χ0v) is 17.2. The minimum Gasteiger partial charge on any atom is -0.391 e. The van der Waals surface area contributed by atoms with Crippen LogP contribution in [0.2, 0.25) is 0 Å². The normalized spacial score (nSPS) is 27.2. The van der Waals surface area contributed by atoms with Crippen LogP contribution >= 0.6 is 0 Å². The van der Waals surface area contributed by atoms with Crippen LogP contribution in [0.4, 0.5) is 0 Å². The number of nitrogens with one attached hydrogen (secondary N) is 1. The van der Waals surface area contributed by atoms with E-state index in [1.807, 2.05) is 0 Å². The molecular formula is C22H36N4O. The molecule has 3 atom stereocenters. The molecule has 3 rings (SSSR count). The van der Waals surface area contributed by atoms with Crippen molar-refractivity contribution in [3.63, 3.8) is 0 Å². The monoisotopic (exact) mass is 372 g/mol. The second-order valence-corrected chi connectivity index (χ2v) is 8.52. The summed E-state index contributed by atoms with van der Waals surface area (Å²) < 4.78 is 0. The number of nitrogens with zero attached hydrogens (tertiary/aromatic N) is 3. The average molecular weight is 373 g/mol. The second kappa shape index (κ2) is 9.56. The number of hydrogen-bond donors (Lipinski definition) is 2. The lowest BCUT2D eigenvalue weighted by Gasteiger charge is -2.35. The summed E-state index contributed by atoms with van der Waals surface area (Å²) in [7, 11) is 0. The van der Waals surface area contributed by atoms with Crippen LogP contribution in [0.1, 0.15) is 44.7 Å². The molecule has 2 saturated heterocycles. The molecule has 0 spiro atoms. The van der Waals surface area contributed by atoms with Crippen molar-refractivity contribution in [3.8, 4) is 0 Å². The maximum atomic E-state index is 9.77. The highest BCUT2D eigenvalue weighted by molar-refractivity contribution is 5.80. The van der Waals surface area contributed by atoms with Crippen molar-refractivity contribution < 1.29 is 5.11 Å². The molecule has 5 nitrogen and oxygen atoms in total. The smallest absolute Gasteiger partial charge is 0.194 e. The van der Waals surface area contributed by atoms with Gasteiger partial charge >= 0.3 is 0 Å². The van der Waals surface area contributed by atoms with E-state index < -0.39 is 0 Å². The summed E-state index contributed by atoms with van der Waals surface area (Å²) in [6, 6.07) is 8.92. The van der Waals surface area contributed by atoms with Crippen LogP contribution in [0, 0.1) is 11.8 Å². The molecule has 150 valence electrons. The van der Waals surface area contributed by atoms with E-state index in [4.69, 9.17) is 4.99 Å². The summed E-state index contributed by atoms with van der Waals surface area (Å²) in [5.41, 5.74) is 2.62. The Balaban J connectivity index is 1.56. The van der Waals surface area contributed by atoms with Crippen molar-refractivity contribution in [2.45, 2.75) is 52.8 Å². The topological polar surface area (TPSA) is 51.1 Å². The molecule has 27 heavy (non-hydrogen) atoms. The van der Waals surface area contributed by atoms with Crippen LogP contribution in [0.25, 0.3) is 0 Å². The summed E-state index contributed by atoms with van der Waals surface area (Å²) in [4.78, 5) is 9.52. The fourth-order valence-corrected chi connectivity index (χ4v) is 4.46. The van der Waals surface area contributed by atoms with E-state index in [0.717, 1.165) is 43.9 Å². The molecule has 0 aliphatic carbocycles. The molecular weight excluding hydrogens is 336 g/mol. The van der Waals surface area contributed by atoms with Gasteiger partial charge in [-0.1, -0.05) is 38.1 Å².